The molecule has 0 saturated carbocycles. The summed E-state index contributed by atoms with van der Waals surface area (Å²) in [6.07, 6.45) is 0.440. The van der Waals surface area contributed by atoms with Crippen LogP contribution in [0.25, 0.3) is 0 Å². The number of hydrogen-bond acceptors (Lipinski definition) is 3. The second-order valence-electron chi connectivity index (χ2n) is 6.95. The molecule has 4 nitrogen and oxygen atoms in total. The molecule has 1 N–H and O–H groups in total. The average molecular weight is 395 g/mol. The van der Waals surface area contributed by atoms with Gasteiger partial charge in [0.25, 0.3) is 0 Å². The zero-order valence-electron chi connectivity index (χ0n) is 14.9. The molecule has 1 aliphatic rings. The molecule has 1 aliphatic heterocycles. The van der Waals surface area contributed by atoms with Gasteiger partial charge in [0.1, 0.15) is 17.7 Å². The van der Waals surface area contributed by atoms with Gasteiger partial charge in [-0.25, -0.2) is 8.78 Å². The highest BCUT2D eigenvalue weighted by atomic mass is 35.5. The van der Waals surface area contributed by atoms with Crippen molar-refractivity contribution in [3.63, 3.8) is 0 Å². The maximum atomic E-state index is 13.9. The van der Waals surface area contributed by atoms with Crippen molar-refractivity contribution in [3.05, 3.63) is 70.2 Å². The molecule has 7 heteroatoms. The van der Waals surface area contributed by atoms with Crippen molar-refractivity contribution in [2.24, 2.45) is 0 Å². The third-order valence-electron chi connectivity index (χ3n) is 5.00. The lowest BCUT2D eigenvalue weighted by Gasteiger charge is -2.25. The van der Waals surface area contributed by atoms with E-state index < -0.39 is 23.6 Å². The van der Waals surface area contributed by atoms with Crippen LogP contribution in [-0.4, -0.2) is 46.6 Å². The molecule has 2 aromatic carbocycles. The van der Waals surface area contributed by atoms with Crippen LogP contribution in [-0.2, 0) is 17.9 Å². The Kier molecular flexibility index (Phi) is 6.09. The van der Waals surface area contributed by atoms with Crippen molar-refractivity contribution in [2.45, 2.75) is 31.6 Å². The summed E-state index contributed by atoms with van der Waals surface area (Å²) >= 11 is 6.02. The van der Waals surface area contributed by atoms with Gasteiger partial charge in [-0.15, -0.1) is 0 Å². The van der Waals surface area contributed by atoms with Gasteiger partial charge in [-0.3, -0.25) is 14.6 Å². The summed E-state index contributed by atoms with van der Waals surface area (Å²) in [4.78, 5) is 15.5. The molecule has 1 saturated heterocycles. The zero-order chi connectivity index (χ0) is 19.6. The molecule has 0 aromatic heterocycles. The fraction of sp³-hybridized carbons (Fsp3) is 0.350. The van der Waals surface area contributed by atoms with Gasteiger partial charge in [-0.1, -0.05) is 29.8 Å². The highest BCUT2D eigenvalue weighted by molar-refractivity contribution is 6.30. The Morgan fingerprint density at radius 3 is 2.74 bits per heavy atom. The van der Waals surface area contributed by atoms with E-state index in [9.17, 15) is 18.7 Å². The maximum Gasteiger partial charge on any atom is 0.320 e. The molecule has 0 amide bonds. The molecule has 2 aromatic rings. The zero-order valence-corrected chi connectivity index (χ0v) is 15.7. The third-order valence-corrected chi connectivity index (χ3v) is 5.23. The minimum Gasteiger partial charge on any atom is -0.480 e. The Balaban J connectivity index is 1.70. The minimum absolute atomic E-state index is 0.0465. The molecule has 0 spiro atoms. The molecule has 0 radical (unpaired) electrons. The SMILES string of the molecule is CN(Cc1ccc(F)cc1F)C1CC(C(=O)O)N(Cc2cccc(Cl)c2)C1. The number of carboxylic acid groups (broad SMARTS) is 1. The molecule has 1 fully saturated rings. The first-order valence-electron chi connectivity index (χ1n) is 8.69. The molecule has 144 valence electrons. The van der Waals surface area contributed by atoms with E-state index >= 15 is 0 Å². The number of likely N-dealkylation sites (N-methyl/N-ethyl adjacent to an activating group) is 1. The fourth-order valence-corrected chi connectivity index (χ4v) is 3.76. The van der Waals surface area contributed by atoms with Gasteiger partial charge in [0, 0.05) is 42.3 Å². The third kappa shape index (κ3) is 4.83. The summed E-state index contributed by atoms with van der Waals surface area (Å²) in [7, 11) is 1.83. The van der Waals surface area contributed by atoms with Crippen molar-refractivity contribution < 1.29 is 18.7 Å². The van der Waals surface area contributed by atoms with Gasteiger partial charge in [-0.05, 0) is 37.2 Å². The summed E-state index contributed by atoms with van der Waals surface area (Å²) in [5.41, 5.74) is 1.33. The number of carbonyl (C=O) groups is 1. The van der Waals surface area contributed by atoms with Gasteiger partial charge >= 0.3 is 5.97 Å². The Morgan fingerprint density at radius 2 is 2.07 bits per heavy atom. The Hall–Kier alpha value is -2.02. The lowest BCUT2D eigenvalue weighted by Crippen LogP contribution is -2.36. The normalized spacial score (nSPS) is 20.3. The maximum absolute atomic E-state index is 13.9. The second-order valence-corrected chi connectivity index (χ2v) is 7.39. The van der Waals surface area contributed by atoms with Crippen LogP contribution in [0, 0.1) is 11.6 Å². The van der Waals surface area contributed by atoms with E-state index in [0.717, 1.165) is 11.6 Å². The highest BCUT2D eigenvalue weighted by Crippen LogP contribution is 2.26. The lowest BCUT2D eigenvalue weighted by atomic mass is 10.1. The number of halogens is 3. The second kappa shape index (κ2) is 8.33. The first kappa shape index (κ1) is 19.7. The van der Waals surface area contributed by atoms with Crippen LogP contribution in [0.5, 0.6) is 0 Å². The fourth-order valence-electron chi connectivity index (χ4n) is 3.55. The number of aliphatic carboxylic acids is 1. The van der Waals surface area contributed by atoms with E-state index in [1.54, 1.807) is 6.07 Å². The summed E-state index contributed by atoms with van der Waals surface area (Å²) in [5, 5.41) is 10.2. The lowest BCUT2D eigenvalue weighted by molar-refractivity contribution is -0.142. The van der Waals surface area contributed by atoms with E-state index in [0.29, 0.717) is 30.1 Å². The van der Waals surface area contributed by atoms with Crippen molar-refractivity contribution in [1.29, 1.82) is 0 Å². The molecule has 3 rings (SSSR count). The minimum atomic E-state index is -0.874. The first-order chi connectivity index (χ1) is 12.8. The number of carboxylic acids is 1. The van der Waals surface area contributed by atoms with Crippen LogP contribution in [0.2, 0.25) is 5.02 Å². The van der Waals surface area contributed by atoms with Crippen molar-refractivity contribution in [1.82, 2.24) is 9.80 Å². The number of hydrogen-bond donors (Lipinski definition) is 1. The van der Waals surface area contributed by atoms with Gasteiger partial charge < -0.3 is 5.11 Å². The summed E-state index contributed by atoms with van der Waals surface area (Å²) in [5.74, 6) is -2.08. The molecular weight excluding hydrogens is 374 g/mol. The topological polar surface area (TPSA) is 43.8 Å². The predicted octanol–water partition coefficient (Wildman–Crippen LogP) is 3.78. The smallest absolute Gasteiger partial charge is 0.320 e. The molecule has 0 bridgehead atoms. The van der Waals surface area contributed by atoms with Gasteiger partial charge in [0.15, 0.2) is 0 Å². The van der Waals surface area contributed by atoms with Gasteiger partial charge in [0.05, 0.1) is 0 Å². The van der Waals surface area contributed by atoms with Crippen molar-refractivity contribution in [2.75, 3.05) is 13.6 Å². The average Bonchev–Trinajstić information content (AvgIpc) is 3.01. The molecule has 2 unspecified atom stereocenters. The van der Waals surface area contributed by atoms with E-state index in [2.05, 4.69) is 0 Å². The Bertz CT molecular complexity index is 833. The van der Waals surface area contributed by atoms with Crippen LogP contribution in [0.4, 0.5) is 8.78 Å². The van der Waals surface area contributed by atoms with Crippen molar-refractivity contribution in [3.8, 4) is 0 Å². The Morgan fingerprint density at radius 1 is 1.30 bits per heavy atom. The summed E-state index contributed by atoms with van der Waals surface area (Å²) in [6, 6.07) is 10.2. The van der Waals surface area contributed by atoms with E-state index in [-0.39, 0.29) is 12.6 Å². The van der Waals surface area contributed by atoms with Crippen LogP contribution in [0.15, 0.2) is 42.5 Å². The first-order valence-corrected chi connectivity index (χ1v) is 9.06. The monoisotopic (exact) mass is 394 g/mol. The molecular formula is C20H21ClF2N2O2. The number of nitrogens with zero attached hydrogens (tertiary/aromatic N) is 2. The molecule has 27 heavy (non-hydrogen) atoms. The highest BCUT2D eigenvalue weighted by Gasteiger charge is 2.38. The molecule has 1 heterocycles. The largest absolute Gasteiger partial charge is 0.480 e. The van der Waals surface area contributed by atoms with E-state index in [1.165, 1.54) is 12.1 Å². The van der Waals surface area contributed by atoms with Crippen LogP contribution < -0.4 is 0 Å². The number of benzene rings is 2. The molecule has 0 aliphatic carbocycles. The van der Waals surface area contributed by atoms with Gasteiger partial charge in [-0.2, -0.15) is 0 Å². The van der Waals surface area contributed by atoms with Crippen LogP contribution in [0.3, 0.4) is 0 Å². The van der Waals surface area contributed by atoms with Crippen molar-refractivity contribution >= 4 is 17.6 Å². The standard InChI is InChI=1S/C20H21ClF2N2O2/c1-24(11-14-5-6-16(22)8-18(14)23)17-9-19(20(26)27)25(12-17)10-13-3-2-4-15(21)7-13/h2-8,17,19H,9-12H2,1H3,(H,26,27). The predicted molar refractivity (Wildman–Crippen MR) is 99.5 cm³/mol. The van der Waals surface area contributed by atoms with E-state index in [1.807, 2.05) is 35.0 Å². The number of likely N-dealkylation sites (tertiary alicyclic amines) is 1. The van der Waals surface area contributed by atoms with Crippen LogP contribution >= 0.6 is 11.6 Å². The molecule has 2 atom stereocenters. The van der Waals surface area contributed by atoms with E-state index in [4.69, 9.17) is 11.6 Å². The van der Waals surface area contributed by atoms with Crippen LogP contribution in [0.1, 0.15) is 17.5 Å². The quantitative estimate of drug-likeness (QED) is 0.809. The van der Waals surface area contributed by atoms with Gasteiger partial charge in [0.2, 0.25) is 0 Å². The Labute approximate surface area is 162 Å². The number of rotatable bonds is 6. The summed E-state index contributed by atoms with van der Waals surface area (Å²) in [6.45, 7) is 1.31. The summed E-state index contributed by atoms with van der Waals surface area (Å²) < 4.78 is 27.0.